The molecule has 0 bridgehead atoms. The van der Waals surface area contributed by atoms with E-state index in [0.29, 0.717) is 44.2 Å². The van der Waals surface area contributed by atoms with Crippen molar-refractivity contribution in [2.75, 3.05) is 43.1 Å². The Kier molecular flexibility index (Phi) is 7.26. The summed E-state index contributed by atoms with van der Waals surface area (Å²) in [6.07, 6.45) is -1.26. The summed E-state index contributed by atoms with van der Waals surface area (Å²) in [5.74, 6) is -0.795. The minimum absolute atomic E-state index is 0.100. The number of carbonyl (C=O) groups excluding carboxylic acids is 2. The van der Waals surface area contributed by atoms with Crippen LogP contribution in [0.1, 0.15) is 45.4 Å². The summed E-state index contributed by atoms with van der Waals surface area (Å²) in [7, 11) is 0. The van der Waals surface area contributed by atoms with Gasteiger partial charge in [0.05, 0.1) is 12.3 Å². The quantitative estimate of drug-likeness (QED) is 0.513. The van der Waals surface area contributed by atoms with Crippen LogP contribution in [0, 0.1) is 6.92 Å². The average Bonchev–Trinajstić information content (AvgIpc) is 3.22. The summed E-state index contributed by atoms with van der Waals surface area (Å²) in [4.78, 5) is 38.0. The molecule has 11 heteroatoms. The van der Waals surface area contributed by atoms with Crippen LogP contribution in [0.4, 0.5) is 24.5 Å². The Morgan fingerprint density at radius 3 is 2.74 bits per heavy atom. The van der Waals surface area contributed by atoms with Gasteiger partial charge < -0.3 is 19.9 Å². The first-order valence-electron chi connectivity index (χ1n) is 12.7. The summed E-state index contributed by atoms with van der Waals surface area (Å²) < 4.78 is 44.9. The number of ether oxygens (including phenoxy) is 1. The maximum atomic E-state index is 13.3. The number of rotatable bonds is 4. The third kappa shape index (κ3) is 5.44. The van der Waals surface area contributed by atoms with Crippen LogP contribution >= 0.6 is 0 Å². The van der Waals surface area contributed by atoms with Gasteiger partial charge in [-0.15, -0.1) is 0 Å². The number of hydrogen-bond acceptors (Lipinski definition) is 6. The molecule has 2 aromatic heterocycles. The highest BCUT2D eigenvalue weighted by Gasteiger charge is 2.35. The number of halogens is 3. The number of nitrogens with zero attached hydrogens (tertiary/aromatic N) is 4. The maximum Gasteiger partial charge on any atom is 0.433 e. The summed E-state index contributed by atoms with van der Waals surface area (Å²) in [6, 6.07) is 9.25. The van der Waals surface area contributed by atoms with Crippen molar-refractivity contribution in [3.05, 3.63) is 71.3 Å². The van der Waals surface area contributed by atoms with Gasteiger partial charge in [-0.05, 0) is 61.7 Å². The fraction of sp³-hybridized carbons (Fsp3) is 0.357. The number of benzene rings is 1. The zero-order valence-corrected chi connectivity index (χ0v) is 21.6. The Balaban J connectivity index is 1.48. The van der Waals surface area contributed by atoms with E-state index in [9.17, 15) is 22.8 Å². The van der Waals surface area contributed by atoms with Crippen LogP contribution in [0.5, 0.6) is 0 Å². The van der Waals surface area contributed by atoms with Gasteiger partial charge in [0.2, 0.25) is 0 Å². The van der Waals surface area contributed by atoms with E-state index in [-0.39, 0.29) is 17.5 Å². The van der Waals surface area contributed by atoms with E-state index >= 15 is 0 Å². The Morgan fingerprint density at radius 1 is 1.15 bits per heavy atom. The molecule has 3 aromatic rings. The molecule has 1 N–H and O–H groups in total. The predicted octanol–water partition coefficient (Wildman–Crippen LogP) is 4.79. The number of nitrogens with one attached hydrogen (secondary N) is 1. The van der Waals surface area contributed by atoms with Gasteiger partial charge in [0.15, 0.2) is 5.69 Å². The molecule has 2 amide bonds. The van der Waals surface area contributed by atoms with Crippen molar-refractivity contribution in [2.24, 2.45) is 0 Å². The number of pyridine rings is 2. The van der Waals surface area contributed by atoms with E-state index in [4.69, 9.17) is 4.74 Å². The molecule has 1 fully saturated rings. The Morgan fingerprint density at radius 2 is 1.97 bits per heavy atom. The maximum absolute atomic E-state index is 13.3. The van der Waals surface area contributed by atoms with Crippen molar-refractivity contribution in [1.29, 1.82) is 0 Å². The Bertz CT molecular complexity index is 1410. The molecule has 204 valence electrons. The highest BCUT2D eigenvalue weighted by Crippen LogP contribution is 2.35. The van der Waals surface area contributed by atoms with Crippen molar-refractivity contribution >= 4 is 23.2 Å². The molecule has 1 aromatic carbocycles. The number of fused-ring (bicyclic) bond motifs is 3. The number of carbonyl (C=O) groups is 2. The summed E-state index contributed by atoms with van der Waals surface area (Å²) >= 11 is 0. The number of anilines is 2. The van der Waals surface area contributed by atoms with Crippen LogP contribution in [-0.4, -0.2) is 65.6 Å². The van der Waals surface area contributed by atoms with Gasteiger partial charge in [-0.25, -0.2) is 4.98 Å². The van der Waals surface area contributed by atoms with Gasteiger partial charge in [0.25, 0.3) is 11.8 Å². The van der Waals surface area contributed by atoms with Crippen LogP contribution in [0.3, 0.4) is 0 Å². The second-order valence-electron chi connectivity index (χ2n) is 9.60. The zero-order chi connectivity index (χ0) is 27.7. The SMILES string of the molecule is CCN1C[C@@H]2CCOCCN2c2cc(-c3cc(NC(=O)c4ccnc(C(F)(F)F)c4)ccc3C)cnc2C1=O. The van der Waals surface area contributed by atoms with Gasteiger partial charge >= 0.3 is 6.18 Å². The number of aromatic nitrogens is 2. The molecule has 39 heavy (non-hydrogen) atoms. The summed E-state index contributed by atoms with van der Waals surface area (Å²) in [5.41, 5.74) is 2.70. The molecular formula is C28H28F3N5O3. The van der Waals surface area contributed by atoms with Crippen molar-refractivity contribution < 1.29 is 27.5 Å². The van der Waals surface area contributed by atoms with Crippen LogP contribution < -0.4 is 10.2 Å². The molecule has 0 spiro atoms. The lowest BCUT2D eigenvalue weighted by atomic mass is 9.99. The van der Waals surface area contributed by atoms with Crippen molar-refractivity contribution in [2.45, 2.75) is 32.5 Å². The molecule has 2 aliphatic heterocycles. The molecule has 1 atom stereocenters. The molecule has 0 unspecified atom stereocenters. The molecule has 5 rings (SSSR count). The largest absolute Gasteiger partial charge is 0.433 e. The Hall–Kier alpha value is -3.99. The monoisotopic (exact) mass is 539 g/mol. The minimum atomic E-state index is -4.65. The Labute approximate surface area is 223 Å². The van der Waals surface area contributed by atoms with Gasteiger partial charge in [0, 0.05) is 61.5 Å². The third-order valence-corrected chi connectivity index (χ3v) is 7.11. The number of likely N-dealkylation sites (N-methyl/N-ethyl adjacent to an activating group) is 1. The molecule has 4 heterocycles. The molecular weight excluding hydrogens is 511 g/mol. The van der Waals surface area contributed by atoms with E-state index in [0.717, 1.165) is 41.1 Å². The number of aryl methyl sites for hydroxylation is 1. The smallest absolute Gasteiger partial charge is 0.380 e. The standard InChI is InChI=1S/C28H28F3N5O3/c1-3-35-16-21-7-10-39-11-9-36(21)23-12-19(15-33-25(23)27(35)38)22-14-20(5-4-17(22)2)34-26(37)18-6-8-32-24(13-18)28(29,30)31/h4-6,8,12-15,21H,3,7,9-11,16H2,1-2H3,(H,34,37)/t21-/m0/s1. The van der Waals surface area contributed by atoms with Crippen LogP contribution in [0.25, 0.3) is 11.1 Å². The minimum Gasteiger partial charge on any atom is -0.380 e. The first-order valence-corrected chi connectivity index (χ1v) is 12.7. The highest BCUT2D eigenvalue weighted by molar-refractivity contribution is 6.04. The fourth-order valence-corrected chi connectivity index (χ4v) is 5.01. The van der Waals surface area contributed by atoms with E-state index in [1.54, 1.807) is 18.3 Å². The lowest BCUT2D eigenvalue weighted by Gasteiger charge is -2.31. The van der Waals surface area contributed by atoms with Gasteiger partial charge in [-0.3, -0.25) is 14.6 Å². The topological polar surface area (TPSA) is 87.7 Å². The van der Waals surface area contributed by atoms with E-state index in [1.807, 2.05) is 30.9 Å². The lowest BCUT2D eigenvalue weighted by Crippen LogP contribution is -2.43. The van der Waals surface area contributed by atoms with Gasteiger partial charge in [-0.2, -0.15) is 13.2 Å². The second-order valence-corrected chi connectivity index (χ2v) is 9.60. The molecule has 2 aliphatic rings. The molecule has 0 aliphatic carbocycles. The molecule has 8 nitrogen and oxygen atoms in total. The number of hydrogen-bond donors (Lipinski definition) is 1. The number of amides is 2. The van der Waals surface area contributed by atoms with E-state index < -0.39 is 17.8 Å². The predicted molar refractivity (Wildman–Crippen MR) is 140 cm³/mol. The van der Waals surface area contributed by atoms with Crippen molar-refractivity contribution in [1.82, 2.24) is 14.9 Å². The van der Waals surface area contributed by atoms with Crippen LogP contribution in [0.2, 0.25) is 0 Å². The number of alkyl halides is 3. The third-order valence-electron chi connectivity index (χ3n) is 7.11. The first kappa shape index (κ1) is 26.6. The zero-order valence-electron chi connectivity index (χ0n) is 21.6. The summed E-state index contributed by atoms with van der Waals surface area (Å²) in [5, 5.41) is 2.68. The molecule has 0 radical (unpaired) electrons. The fourth-order valence-electron chi connectivity index (χ4n) is 5.01. The second kappa shape index (κ2) is 10.6. The van der Waals surface area contributed by atoms with E-state index in [2.05, 4.69) is 20.2 Å². The van der Waals surface area contributed by atoms with Gasteiger partial charge in [-0.1, -0.05) is 6.07 Å². The molecule has 0 saturated carbocycles. The van der Waals surface area contributed by atoms with Crippen molar-refractivity contribution in [3.63, 3.8) is 0 Å². The first-order chi connectivity index (χ1) is 18.7. The van der Waals surface area contributed by atoms with Crippen molar-refractivity contribution in [3.8, 4) is 11.1 Å². The average molecular weight is 540 g/mol. The lowest BCUT2D eigenvalue weighted by molar-refractivity contribution is -0.141. The normalized spacial score (nSPS) is 17.7. The van der Waals surface area contributed by atoms with Crippen LogP contribution in [0.15, 0.2) is 48.8 Å². The van der Waals surface area contributed by atoms with Gasteiger partial charge in [0.1, 0.15) is 5.69 Å². The molecule has 1 saturated heterocycles. The van der Waals surface area contributed by atoms with E-state index in [1.165, 1.54) is 6.07 Å². The summed E-state index contributed by atoms with van der Waals surface area (Å²) in [6.45, 7) is 6.84. The highest BCUT2D eigenvalue weighted by atomic mass is 19.4. The van der Waals surface area contributed by atoms with Crippen LogP contribution in [-0.2, 0) is 10.9 Å².